The first kappa shape index (κ1) is 16.8. The van der Waals surface area contributed by atoms with Gasteiger partial charge in [0, 0.05) is 43.4 Å². The van der Waals surface area contributed by atoms with E-state index in [4.69, 9.17) is 4.74 Å². The number of anilines is 1. The predicted molar refractivity (Wildman–Crippen MR) is 103 cm³/mol. The van der Waals surface area contributed by atoms with E-state index in [0.29, 0.717) is 5.52 Å². The molecule has 4 rings (SSSR count). The number of morpholine rings is 1. The number of nitrogens with zero attached hydrogens (tertiary/aromatic N) is 2. The molecule has 5 nitrogen and oxygen atoms in total. The van der Waals surface area contributed by atoms with Gasteiger partial charge in [0.25, 0.3) is 0 Å². The fourth-order valence-corrected chi connectivity index (χ4v) is 3.29. The smallest absolute Gasteiger partial charge is 0.141 e. The zero-order valence-electron chi connectivity index (χ0n) is 14.7. The number of phenolic OH excluding ortho intramolecular Hbond substituents is 1. The molecular formula is C21H23N3O2. The van der Waals surface area contributed by atoms with E-state index in [0.717, 1.165) is 50.5 Å². The Kier molecular flexibility index (Phi) is 5.00. The monoisotopic (exact) mass is 349 g/mol. The van der Waals surface area contributed by atoms with Crippen molar-refractivity contribution in [3.63, 3.8) is 0 Å². The average molecular weight is 349 g/mol. The predicted octanol–water partition coefficient (Wildman–Crippen LogP) is 3.38. The van der Waals surface area contributed by atoms with Crippen LogP contribution >= 0.6 is 0 Å². The lowest BCUT2D eigenvalue weighted by Gasteiger charge is -2.26. The maximum Gasteiger partial charge on any atom is 0.141 e. The molecule has 0 atom stereocenters. The normalized spacial score (nSPS) is 15.2. The molecule has 1 aliphatic heterocycles. The van der Waals surface area contributed by atoms with Crippen LogP contribution in [0.15, 0.2) is 54.7 Å². The van der Waals surface area contributed by atoms with Gasteiger partial charge in [0.1, 0.15) is 11.3 Å². The molecule has 0 aliphatic carbocycles. The summed E-state index contributed by atoms with van der Waals surface area (Å²) in [7, 11) is 0. The lowest BCUT2D eigenvalue weighted by Crippen LogP contribution is -2.35. The highest BCUT2D eigenvalue weighted by Crippen LogP contribution is 2.28. The number of rotatable bonds is 5. The van der Waals surface area contributed by atoms with Crippen LogP contribution in [0.25, 0.3) is 10.9 Å². The lowest BCUT2D eigenvalue weighted by molar-refractivity contribution is 0.0342. The van der Waals surface area contributed by atoms with Gasteiger partial charge in [-0.05, 0) is 23.3 Å². The minimum atomic E-state index is 0.207. The van der Waals surface area contributed by atoms with Crippen LogP contribution in [0.2, 0.25) is 0 Å². The molecule has 2 heterocycles. The number of aromatic nitrogens is 1. The van der Waals surface area contributed by atoms with E-state index in [1.165, 1.54) is 11.1 Å². The van der Waals surface area contributed by atoms with Gasteiger partial charge in [0.15, 0.2) is 0 Å². The van der Waals surface area contributed by atoms with E-state index in [1.54, 1.807) is 12.3 Å². The fraction of sp³-hybridized carbons (Fsp3) is 0.286. The van der Waals surface area contributed by atoms with Gasteiger partial charge in [-0.1, -0.05) is 36.4 Å². The molecule has 0 bridgehead atoms. The standard InChI is InChI=1S/C21H23N3O2/c25-20-3-1-2-18-19(8-9-22-21(18)20)23-14-16-4-6-17(7-5-16)15-24-10-12-26-13-11-24/h1-9,25H,10-15H2,(H,22,23). The van der Waals surface area contributed by atoms with Crippen molar-refractivity contribution in [3.8, 4) is 5.75 Å². The Hall–Kier alpha value is -2.63. The zero-order valence-corrected chi connectivity index (χ0v) is 14.7. The quantitative estimate of drug-likeness (QED) is 0.739. The number of benzene rings is 2. The number of fused-ring (bicyclic) bond motifs is 1. The van der Waals surface area contributed by atoms with Crippen LogP contribution < -0.4 is 5.32 Å². The molecule has 26 heavy (non-hydrogen) atoms. The number of ether oxygens (including phenoxy) is 1. The molecule has 0 unspecified atom stereocenters. The lowest BCUT2D eigenvalue weighted by atomic mass is 10.1. The number of aromatic hydroxyl groups is 1. The van der Waals surface area contributed by atoms with Crippen molar-refractivity contribution in [2.24, 2.45) is 0 Å². The van der Waals surface area contributed by atoms with Gasteiger partial charge in [0.2, 0.25) is 0 Å². The van der Waals surface area contributed by atoms with Gasteiger partial charge >= 0.3 is 0 Å². The van der Waals surface area contributed by atoms with Gasteiger partial charge in [-0.2, -0.15) is 0 Å². The first-order chi connectivity index (χ1) is 12.8. The van der Waals surface area contributed by atoms with Crippen molar-refractivity contribution in [1.82, 2.24) is 9.88 Å². The average Bonchev–Trinajstić information content (AvgIpc) is 2.69. The van der Waals surface area contributed by atoms with Crippen molar-refractivity contribution in [2.45, 2.75) is 13.1 Å². The molecule has 0 radical (unpaired) electrons. The third kappa shape index (κ3) is 3.79. The Bertz CT molecular complexity index is 874. The van der Waals surface area contributed by atoms with Crippen LogP contribution in [-0.4, -0.2) is 41.3 Å². The Morgan fingerprint density at radius 3 is 2.58 bits per heavy atom. The van der Waals surface area contributed by atoms with E-state index >= 15 is 0 Å². The SMILES string of the molecule is Oc1cccc2c(NCc3ccc(CN4CCOCC4)cc3)ccnc12. The summed E-state index contributed by atoms with van der Waals surface area (Å²) in [6.45, 7) is 5.38. The molecule has 0 amide bonds. The summed E-state index contributed by atoms with van der Waals surface area (Å²) < 4.78 is 5.40. The topological polar surface area (TPSA) is 57.6 Å². The molecule has 3 aromatic rings. The number of nitrogens with one attached hydrogen (secondary N) is 1. The van der Waals surface area contributed by atoms with Crippen LogP contribution in [0.3, 0.4) is 0 Å². The fourth-order valence-electron chi connectivity index (χ4n) is 3.29. The summed E-state index contributed by atoms with van der Waals surface area (Å²) in [6.07, 6.45) is 1.72. The number of hydrogen-bond donors (Lipinski definition) is 2. The van der Waals surface area contributed by atoms with E-state index in [9.17, 15) is 5.11 Å². The third-order valence-corrected chi connectivity index (χ3v) is 4.77. The van der Waals surface area contributed by atoms with Crippen LogP contribution in [-0.2, 0) is 17.8 Å². The summed E-state index contributed by atoms with van der Waals surface area (Å²) in [6, 6.07) is 16.1. The molecule has 0 saturated carbocycles. The van der Waals surface area contributed by atoms with Crippen molar-refractivity contribution in [1.29, 1.82) is 0 Å². The number of pyridine rings is 1. The van der Waals surface area contributed by atoms with Crippen molar-refractivity contribution in [2.75, 3.05) is 31.6 Å². The van der Waals surface area contributed by atoms with E-state index < -0.39 is 0 Å². The highest BCUT2D eigenvalue weighted by atomic mass is 16.5. The van der Waals surface area contributed by atoms with Crippen molar-refractivity contribution < 1.29 is 9.84 Å². The van der Waals surface area contributed by atoms with E-state index in [1.807, 2.05) is 18.2 Å². The highest BCUT2D eigenvalue weighted by molar-refractivity contribution is 5.94. The number of hydrogen-bond acceptors (Lipinski definition) is 5. The molecule has 2 aromatic carbocycles. The zero-order chi connectivity index (χ0) is 17.8. The maximum atomic E-state index is 9.94. The first-order valence-electron chi connectivity index (χ1n) is 8.98. The molecule has 1 fully saturated rings. The maximum absolute atomic E-state index is 9.94. The van der Waals surface area contributed by atoms with Gasteiger partial charge in [0.05, 0.1) is 13.2 Å². The first-order valence-corrected chi connectivity index (χ1v) is 8.98. The molecule has 134 valence electrons. The minimum absolute atomic E-state index is 0.207. The molecular weight excluding hydrogens is 326 g/mol. The summed E-state index contributed by atoms with van der Waals surface area (Å²) in [5.41, 5.74) is 4.15. The van der Waals surface area contributed by atoms with Crippen LogP contribution in [0.1, 0.15) is 11.1 Å². The molecule has 1 aliphatic rings. The second-order valence-corrected chi connectivity index (χ2v) is 6.59. The van der Waals surface area contributed by atoms with Crippen LogP contribution in [0.4, 0.5) is 5.69 Å². The largest absolute Gasteiger partial charge is 0.506 e. The van der Waals surface area contributed by atoms with Gasteiger partial charge in [-0.25, -0.2) is 0 Å². The van der Waals surface area contributed by atoms with Gasteiger partial charge < -0.3 is 15.2 Å². The van der Waals surface area contributed by atoms with Crippen molar-refractivity contribution >= 4 is 16.6 Å². The molecule has 2 N–H and O–H groups in total. The molecule has 1 saturated heterocycles. The Morgan fingerprint density at radius 2 is 1.77 bits per heavy atom. The van der Waals surface area contributed by atoms with Crippen molar-refractivity contribution in [3.05, 3.63) is 65.9 Å². The van der Waals surface area contributed by atoms with Crippen LogP contribution in [0.5, 0.6) is 5.75 Å². The number of para-hydroxylation sites is 1. The molecule has 5 heteroatoms. The second-order valence-electron chi connectivity index (χ2n) is 6.59. The highest BCUT2D eigenvalue weighted by Gasteiger charge is 2.10. The molecule has 1 aromatic heterocycles. The Morgan fingerprint density at radius 1 is 1.00 bits per heavy atom. The Balaban J connectivity index is 1.41. The van der Waals surface area contributed by atoms with Gasteiger partial charge in [-0.15, -0.1) is 0 Å². The van der Waals surface area contributed by atoms with Crippen LogP contribution in [0, 0.1) is 0 Å². The van der Waals surface area contributed by atoms with E-state index in [2.05, 4.69) is 39.5 Å². The summed E-state index contributed by atoms with van der Waals surface area (Å²) in [4.78, 5) is 6.68. The minimum Gasteiger partial charge on any atom is -0.506 e. The second kappa shape index (κ2) is 7.72. The summed E-state index contributed by atoms with van der Waals surface area (Å²) in [5, 5.41) is 14.3. The number of phenols is 1. The summed E-state index contributed by atoms with van der Waals surface area (Å²) >= 11 is 0. The third-order valence-electron chi connectivity index (χ3n) is 4.77. The summed E-state index contributed by atoms with van der Waals surface area (Å²) in [5.74, 6) is 0.207. The molecule has 0 spiro atoms. The van der Waals surface area contributed by atoms with E-state index in [-0.39, 0.29) is 5.75 Å². The Labute approximate surface area is 153 Å². The van der Waals surface area contributed by atoms with Gasteiger partial charge in [-0.3, -0.25) is 9.88 Å².